The first-order valence-electron chi connectivity index (χ1n) is 4.81. The van der Waals surface area contributed by atoms with E-state index in [-0.39, 0.29) is 17.0 Å². The highest BCUT2D eigenvalue weighted by Crippen LogP contribution is 2.28. The second-order valence-corrected chi connectivity index (χ2v) is 4.50. The number of ketones is 2. The highest BCUT2D eigenvalue weighted by Gasteiger charge is 2.30. The third kappa shape index (κ3) is 3.71. The first-order chi connectivity index (χ1) is 5.78. The average Bonchev–Trinajstić information content (AvgIpc) is 1.99. The highest BCUT2D eigenvalue weighted by molar-refractivity contribution is 5.88. The smallest absolute Gasteiger partial charge is 0.139 e. The number of carbonyl (C=O) groups is 2. The normalized spacial score (nSPS) is 11.8. The number of Topliss-reactive ketones (excluding diaryl/α,β-unsaturated/α-hetero) is 2. The van der Waals surface area contributed by atoms with Crippen molar-refractivity contribution in [1.82, 2.24) is 0 Å². The maximum Gasteiger partial charge on any atom is 0.139 e. The second-order valence-electron chi connectivity index (χ2n) is 4.50. The molecule has 0 heterocycles. The second kappa shape index (κ2) is 4.54. The summed E-state index contributed by atoms with van der Waals surface area (Å²) in [6.45, 7) is 9.48. The lowest BCUT2D eigenvalue weighted by atomic mass is 9.76. The molecule has 0 aromatic rings. The Bertz CT molecular complexity index is 202. The molecule has 0 aliphatic rings. The molecule has 0 radical (unpaired) electrons. The van der Waals surface area contributed by atoms with Gasteiger partial charge in [0.05, 0.1) is 0 Å². The molecule has 0 atom stereocenters. The van der Waals surface area contributed by atoms with E-state index in [0.29, 0.717) is 18.8 Å². The van der Waals surface area contributed by atoms with Crippen molar-refractivity contribution in [2.24, 2.45) is 11.3 Å². The monoisotopic (exact) mass is 184 g/mol. The SMILES string of the molecule is CC(=O)CCC(=O)C(C)(C)C(C)C. The Morgan fingerprint density at radius 1 is 1.15 bits per heavy atom. The van der Waals surface area contributed by atoms with Crippen molar-refractivity contribution in [1.29, 1.82) is 0 Å². The Hall–Kier alpha value is -0.660. The molecule has 2 heteroatoms. The van der Waals surface area contributed by atoms with Gasteiger partial charge in [-0.25, -0.2) is 0 Å². The van der Waals surface area contributed by atoms with Crippen LogP contribution in [0.15, 0.2) is 0 Å². The molecule has 0 aliphatic carbocycles. The Kier molecular flexibility index (Phi) is 4.31. The number of rotatable bonds is 5. The van der Waals surface area contributed by atoms with Crippen LogP contribution in [0, 0.1) is 11.3 Å². The Morgan fingerprint density at radius 3 is 1.92 bits per heavy atom. The highest BCUT2D eigenvalue weighted by atomic mass is 16.1. The zero-order valence-corrected chi connectivity index (χ0v) is 9.31. The van der Waals surface area contributed by atoms with Gasteiger partial charge < -0.3 is 4.79 Å². The van der Waals surface area contributed by atoms with Crippen molar-refractivity contribution in [2.45, 2.75) is 47.5 Å². The van der Waals surface area contributed by atoms with Crippen LogP contribution in [0.3, 0.4) is 0 Å². The summed E-state index contributed by atoms with van der Waals surface area (Å²) in [6.07, 6.45) is 0.773. The molecule has 76 valence electrons. The predicted molar refractivity (Wildman–Crippen MR) is 53.5 cm³/mol. The van der Waals surface area contributed by atoms with Crippen molar-refractivity contribution in [3.8, 4) is 0 Å². The van der Waals surface area contributed by atoms with Crippen LogP contribution in [-0.4, -0.2) is 11.6 Å². The van der Waals surface area contributed by atoms with Gasteiger partial charge in [-0.2, -0.15) is 0 Å². The largest absolute Gasteiger partial charge is 0.300 e. The van der Waals surface area contributed by atoms with Crippen LogP contribution < -0.4 is 0 Å². The summed E-state index contributed by atoms with van der Waals surface area (Å²) in [6, 6.07) is 0. The van der Waals surface area contributed by atoms with E-state index in [1.807, 2.05) is 27.7 Å². The van der Waals surface area contributed by atoms with Gasteiger partial charge in [0.2, 0.25) is 0 Å². The van der Waals surface area contributed by atoms with Crippen molar-refractivity contribution >= 4 is 11.6 Å². The van der Waals surface area contributed by atoms with Crippen LogP contribution in [0.1, 0.15) is 47.5 Å². The Morgan fingerprint density at radius 2 is 1.62 bits per heavy atom. The summed E-state index contributed by atoms with van der Waals surface area (Å²) in [5.74, 6) is 0.609. The third-order valence-corrected chi connectivity index (χ3v) is 2.87. The van der Waals surface area contributed by atoms with Gasteiger partial charge in [0, 0.05) is 18.3 Å². The average molecular weight is 184 g/mol. The topological polar surface area (TPSA) is 34.1 Å². The minimum Gasteiger partial charge on any atom is -0.300 e. The molecular formula is C11H20O2. The Labute approximate surface area is 80.7 Å². The summed E-state index contributed by atoms with van der Waals surface area (Å²) in [5.41, 5.74) is -0.296. The molecule has 0 aliphatic heterocycles. The quantitative estimate of drug-likeness (QED) is 0.658. The van der Waals surface area contributed by atoms with Crippen molar-refractivity contribution in [3.05, 3.63) is 0 Å². The van der Waals surface area contributed by atoms with Gasteiger partial charge in [0.15, 0.2) is 0 Å². The van der Waals surface area contributed by atoms with E-state index >= 15 is 0 Å². The number of hydrogen-bond acceptors (Lipinski definition) is 2. The number of hydrogen-bond donors (Lipinski definition) is 0. The first-order valence-corrected chi connectivity index (χ1v) is 4.81. The van der Waals surface area contributed by atoms with Crippen molar-refractivity contribution in [2.75, 3.05) is 0 Å². The third-order valence-electron chi connectivity index (χ3n) is 2.87. The lowest BCUT2D eigenvalue weighted by molar-refractivity contribution is -0.131. The van der Waals surface area contributed by atoms with E-state index < -0.39 is 0 Å². The van der Waals surface area contributed by atoms with E-state index in [9.17, 15) is 9.59 Å². The van der Waals surface area contributed by atoms with E-state index in [2.05, 4.69) is 0 Å². The molecule has 0 fully saturated rings. The summed E-state index contributed by atoms with van der Waals surface area (Å²) in [7, 11) is 0. The molecule has 0 aromatic heterocycles. The lowest BCUT2D eigenvalue weighted by Gasteiger charge is -2.27. The van der Waals surface area contributed by atoms with Crippen LogP contribution in [0.25, 0.3) is 0 Å². The zero-order valence-electron chi connectivity index (χ0n) is 9.31. The Balaban J connectivity index is 4.18. The minimum atomic E-state index is -0.296. The fraction of sp³-hybridized carbons (Fsp3) is 0.818. The molecule has 0 N–H and O–H groups in total. The van der Waals surface area contributed by atoms with Crippen molar-refractivity contribution in [3.63, 3.8) is 0 Å². The minimum absolute atomic E-state index is 0.0907. The molecule has 0 spiro atoms. The molecule has 0 saturated carbocycles. The van der Waals surface area contributed by atoms with E-state index in [1.54, 1.807) is 0 Å². The predicted octanol–water partition coefficient (Wildman–Crippen LogP) is 2.61. The van der Waals surface area contributed by atoms with Gasteiger partial charge in [0.1, 0.15) is 11.6 Å². The summed E-state index contributed by atoms with van der Waals surface area (Å²) < 4.78 is 0. The molecule has 0 unspecified atom stereocenters. The fourth-order valence-electron chi connectivity index (χ4n) is 0.934. The van der Waals surface area contributed by atoms with Crippen LogP contribution in [0.4, 0.5) is 0 Å². The van der Waals surface area contributed by atoms with Gasteiger partial charge >= 0.3 is 0 Å². The van der Waals surface area contributed by atoms with E-state index in [4.69, 9.17) is 0 Å². The first kappa shape index (κ1) is 12.3. The van der Waals surface area contributed by atoms with Crippen LogP contribution in [0.2, 0.25) is 0 Å². The van der Waals surface area contributed by atoms with Gasteiger partial charge in [0.25, 0.3) is 0 Å². The molecule has 13 heavy (non-hydrogen) atoms. The zero-order chi connectivity index (χ0) is 10.6. The molecule has 2 nitrogen and oxygen atoms in total. The maximum absolute atomic E-state index is 11.7. The van der Waals surface area contributed by atoms with Gasteiger partial charge in [-0.3, -0.25) is 4.79 Å². The molecule has 0 amide bonds. The van der Waals surface area contributed by atoms with Gasteiger partial charge in [-0.05, 0) is 12.8 Å². The molecule has 0 saturated heterocycles. The summed E-state index contributed by atoms with van der Waals surface area (Å²) >= 11 is 0. The van der Waals surface area contributed by atoms with Crippen LogP contribution in [0.5, 0.6) is 0 Å². The van der Waals surface area contributed by atoms with Crippen LogP contribution in [-0.2, 0) is 9.59 Å². The molecular weight excluding hydrogens is 164 g/mol. The standard InChI is InChI=1S/C11H20O2/c1-8(2)11(4,5)10(13)7-6-9(3)12/h8H,6-7H2,1-5H3. The van der Waals surface area contributed by atoms with E-state index in [1.165, 1.54) is 6.92 Å². The molecule has 0 bridgehead atoms. The van der Waals surface area contributed by atoms with Crippen LogP contribution >= 0.6 is 0 Å². The summed E-state index contributed by atoms with van der Waals surface area (Å²) in [5, 5.41) is 0. The molecule has 0 rings (SSSR count). The maximum atomic E-state index is 11.7. The fourth-order valence-corrected chi connectivity index (χ4v) is 0.934. The lowest BCUT2D eigenvalue weighted by Crippen LogP contribution is -2.30. The van der Waals surface area contributed by atoms with E-state index in [0.717, 1.165) is 0 Å². The van der Waals surface area contributed by atoms with Crippen molar-refractivity contribution < 1.29 is 9.59 Å². The summed E-state index contributed by atoms with van der Waals surface area (Å²) in [4.78, 5) is 22.4. The van der Waals surface area contributed by atoms with Gasteiger partial charge in [-0.1, -0.05) is 27.7 Å². The number of carbonyl (C=O) groups excluding carboxylic acids is 2. The molecule has 0 aromatic carbocycles. The van der Waals surface area contributed by atoms with Gasteiger partial charge in [-0.15, -0.1) is 0 Å².